The molecular weight excluding hydrogens is 186 g/mol. The Labute approximate surface area is 70.9 Å². The summed E-state index contributed by atoms with van der Waals surface area (Å²) in [4.78, 5) is 0. The average Bonchev–Trinajstić information content (AvgIpc) is 2.08. The third-order valence-electron chi connectivity index (χ3n) is 1.28. The van der Waals surface area contributed by atoms with Gasteiger partial charge >= 0.3 is 7.60 Å². The van der Waals surface area contributed by atoms with Crippen LogP contribution in [0, 0.1) is 0 Å². The summed E-state index contributed by atoms with van der Waals surface area (Å²) in [6, 6.07) is 0. The normalized spacial score (nSPS) is 37.4. The van der Waals surface area contributed by atoms with E-state index >= 15 is 0 Å². The van der Waals surface area contributed by atoms with Crippen LogP contribution in [0.3, 0.4) is 0 Å². The molecule has 0 aromatic rings. The molecule has 0 bridgehead atoms. The van der Waals surface area contributed by atoms with E-state index in [1.54, 1.807) is 13.8 Å². The van der Waals surface area contributed by atoms with Gasteiger partial charge in [0.1, 0.15) is 6.10 Å². The fourth-order valence-corrected chi connectivity index (χ4v) is 2.89. The van der Waals surface area contributed by atoms with Gasteiger partial charge in [0.05, 0.1) is 11.6 Å². The van der Waals surface area contributed by atoms with E-state index in [4.69, 9.17) is 20.6 Å². The Balaban J connectivity index is 2.72. The summed E-state index contributed by atoms with van der Waals surface area (Å²) in [6.45, 7) is 3.86. The maximum absolute atomic E-state index is 11.4. The van der Waals surface area contributed by atoms with Crippen molar-refractivity contribution in [2.75, 3.05) is 6.61 Å². The first-order valence-corrected chi connectivity index (χ1v) is 5.37. The topological polar surface area (TPSA) is 35.5 Å². The smallest absolute Gasteiger partial charge is 0.306 e. The standard InChI is InChI=1S/C6H10ClO3P/c1-3-9-11(8)4-6(7)5(2)10-11/h4-5H,3H2,1-2H3. The Morgan fingerprint density at radius 2 is 2.55 bits per heavy atom. The molecule has 1 aliphatic rings. The summed E-state index contributed by atoms with van der Waals surface area (Å²) in [6.07, 6.45) is -0.297. The highest BCUT2D eigenvalue weighted by Gasteiger charge is 2.33. The maximum atomic E-state index is 11.4. The lowest BCUT2D eigenvalue weighted by atomic mass is 10.4. The van der Waals surface area contributed by atoms with Gasteiger partial charge in [-0.15, -0.1) is 0 Å². The first-order valence-electron chi connectivity index (χ1n) is 3.38. The quantitative estimate of drug-likeness (QED) is 0.637. The molecule has 0 N–H and O–H groups in total. The summed E-state index contributed by atoms with van der Waals surface area (Å²) >= 11 is 5.67. The van der Waals surface area contributed by atoms with E-state index < -0.39 is 7.60 Å². The van der Waals surface area contributed by atoms with Gasteiger partial charge in [-0.25, -0.2) is 0 Å². The number of halogens is 1. The molecule has 1 aliphatic heterocycles. The van der Waals surface area contributed by atoms with Crippen molar-refractivity contribution in [2.45, 2.75) is 20.0 Å². The molecule has 0 aromatic heterocycles. The maximum Gasteiger partial charge on any atom is 0.356 e. The molecule has 1 heterocycles. The highest BCUT2D eigenvalue weighted by Crippen LogP contribution is 2.57. The highest BCUT2D eigenvalue weighted by molar-refractivity contribution is 7.57. The lowest BCUT2D eigenvalue weighted by Gasteiger charge is -2.09. The Morgan fingerprint density at radius 1 is 1.91 bits per heavy atom. The summed E-state index contributed by atoms with van der Waals surface area (Å²) in [5, 5.41) is 0.460. The van der Waals surface area contributed by atoms with Crippen LogP contribution in [0.1, 0.15) is 13.8 Å². The molecule has 0 amide bonds. The Kier molecular flexibility index (Phi) is 2.76. The summed E-state index contributed by atoms with van der Waals surface area (Å²) in [5.74, 6) is 1.36. The van der Waals surface area contributed by atoms with Crippen LogP contribution in [0.2, 0.25) is 0 Å². The molecule has 0 radical (unpaired) electrons. The lowest BCUT2D eigenvalue weighted by Crippen LogP contribution is -1.99. The molecule has 2 unspecified atom stereocenters. The van der Waals surface area contributed by atoms with Crippen molar-refractivity contribution in [3.63, 3.8) is 0 Å². The van der Waals surface area contributed by atoms with Gasteiger partial charge in [0.2, 0.25) is 0 Å². The molecule has 0 aromatic carbocycles. The van der Waals surface area contributed by atoms with Gasteiger partial charge in [0.15, 0.2) is 0 Å². The number of hydrogen-bond donors (Lipinski definition) is 0. The number of rotatable bonds is 2. The van der Waals surface area contributed by atoms with E-state index in [1.165, 1.54) is 5.82 Å². The van der Waals surface area contributed by atoms with Crippen molar-refractivity contribution < 1.29 is 13.6 Å². The lowest BCUT2D eigenvalue weighted by molar-refractivity contribution is 0.204. The van der Waals surface area contributed by atoms with Crippen molar-refractivity contribution in [3.8, 4) is 0 Å². The van der Waals surface area contributed by atoms with Crippen molar-refractivity contribution in [2.24, 2.45) is 0 Å². The zero-order valence-corrected chi connectivity index (χ0v) is 8.06. The molecule has 64 valence electrons. The molecule has 5 heteroatoms. The molecule has 11 heavy (non-hydrogen) atoms. The van der Waals surface area contributed by atoms with E-state index in [2.05, 4.69) is 0 Å². The number of hydrogen-bond acceptors (Lipinski definition) is 3. The zero-order chi connectivity index (χ0) is 8.48. The fourth-order valence-electron chi connectivity index (χ4n) is 0.805. The predicted molar refractivity (Wildman–Crippen MR) is 43.7 cm³/mol. The highest BCUT2D eigenvalue weighted by atomic mass is 35.5. The second-order valence-corrected chi connectivity index (χ2v) is 4.46. The molecule has 0 fully saturated rings. The van der Waals surface area contributed by atoms with Gasteiger partial charge in [0, 0.05) is 5.82 Å². The predicted octanol–water partition coefficient (Wildman–Crippen LogP) is 2.71. The molecule has 0 aliphatic carbocycles. The van der Waals surface area contributed by atoms with Crippen molar-refractivity contribution >= 4 is 19.2 Å². The third kappa shape index (κ3) is 2.06. The molecule has 1 rings (SSSR count). The molecule has 2 atom stereocenters. The first-order chi connectivity index (χ1) is 5.07. The van der Waals surface area contributed by atoms with Crippen molar-refractivity contribution in [1.82, 2.24) is 0 Å². The van der Waals surface area contributed by atoms with Gasteiger partial charge in [-0.1, -0.05) is 11.6 Å². The van der Waals surface area contributed by atoms with E-state index in [1.807, 2.05) is 0 Å². The van der Waals surface area contributed by atoms with Gasteiger partial charge in [-0.05, 0) is 13.8 Å². The SMILES string of the molecule is CCOP1(=O)C=C(Cl)C(C)O1. The molecule has 3 nitrogen and oxygen atoms in total. The third-order valence-corrected chi connectivity index (χ3v) is 3.68. The molecular formula is C6H10ClO3P. The minimum atomic E-state index is -2.98. The van der Waals surface area contributed by atoms with Crippen LogP contribution in [0.5, 0.6) is 0 Å². The second kappa shape index (κ2) is 3.28. The second-order valence-electron chi connectivity index (χ2n) is 2.22. The summed E-state index contributed by atoms with van der Waals surface area (Å²) < 4.78 is 21.3. The first kappa shape index (κ1) is 9.27. The van der Waals surface area contributed by atoms with Crippen LogP contribution in [-0.2, 0) is 13.6 Å². The summed E-state index contributed by atoms with van der Waals surface area (Å²) in [7, 11) is -2.98. The van der Waals surface area contributed by atoms with Crippen LogP contribution in [0.4, 0.5) is 0 Å². The summed E-state index contributed by atoms with van der Waals surface area (Å²) in [5.41, 5.74) is 0. The van der Waals surface area contributed by atoms with E-state index in [9.17, 15) is 4.57 Å². The van der Waals surface area contributed by atoms with Crippen LogP contribution in [0.25, 0.3) is 0 Å². The Hall–Kier alpha value is 0.180. The largest absolute Gasteiger partial charge is 0.356 e. The van der Waals surface area contributed by atoms with Crippen LogP contribution in [-0.4, -0.2) is 12.7 Å². The van der Waals surface area contributed by atoms with E-state index in [0.29, 0.717) is 11.6 Å². The monoisotopic (exact) mass is 196 g/mol. The Morgan fingerprint density at radius 3 is 2.91 bits per heavy atom. The zero-order valence-electron chi connectivity index (χ0n) is 6.41. The average molecular weight is 197 g/mol. The molecule has 0 saturated carbocycles. The van der Waals surface area contributed by atoms with E-state index in [0.717, 1.165) is 0 Å². The van der Waals surface area contributed by atoms with Crippen LogP contribution in [0.15, 0.2) is 10.8 Å². The van der Waals surface area contributed by atoms with Crippen molar-refractivity contribution in [1.29, 1.82) is 0 Å². The van der Waals surface area contributed by atoms with Gasteiger partial charge in [-0.2, -0.15) is 0 Å². The van der Waals surface area contributed by atoms with Gasteiger partial charge in [-0.3, -0.25) is 9.09 Å². The minimum Gasteiger partial charge on any atom is -0.306 e. The Bertz CT molecular complexity index is 226. The van der Waals surface area contributed by atoms with E-state index in [-0.39, 0.29) is 6.10 Å². The van der Waals surface area contributed by atoms with Gasteiger partial charge < -0.3 is 4.52 Å². The molecule has 0 spiro atoms. The van der Waals surface area contributed by atoms with Crippen LogP contribution < -0.4 is 0 Å². The fraction of sp³-hybridized carbons (Fsp3) is 0.667. The molecule has 0 saturated heterocycles. The van der Waals surface area contributed by atoms with Crippen molar-refractivity contribution in [3.05, 3.63) is 10.8 Å². The van der Waals surface area contributed by atoms with Crippen LogP contribution >= 0.6 is 19.2 Å². The minimum absolute atomic E-state index is 0.297. The van der Waals surface area contributed by atoms with Gasteiger partial charge in [0.25, 0.3) is 0 Å².